The average molecular weight is 405 g/mol. The van der Waals surface area contributed by atoms with Crippen molar-refractivity contribution in [3.8, 4) is 0 Å². The average Bonchev–Trinajstić information content (AvgIpc) is 2.94. The van der Waals surface area contributed by atoms with Gasteiger partial charge in [-0.3, -0.25) is 0 Å². The van der Waals surface area contributed by atoms with Gasteiger partial charge in [-0.15, -0.1) is 0 Å². The molecule has 6 nitrogen and oxygen atoms in total. The van der Waals surface area contributed by atoms with E-state index in [0.29, 0.717) is 27.9 Å². The molecule has 3 N–H and O–H groups in total. The molecule has 2 aromatic rings. The summed E-state index contributed by atoms with van der Waals surface area (Å²) in [7, 11) is 0. The van der Waals surface area contributed by atoms with Crippen molar-refractivity contribution in [3.63, 3.8) is 0 Å². The van der Waals surface area contributed by atoms with Gasteiger partial charge in [0.05, 0.1) is 17.2 Å². The van der Waals surface area contributed by atoms with Crippen LogP contribution in [0.5, 0.6) is 0 Å². The largest absolute Gasteiger partial charge is 0.456 e. The fourth-order valence-electron chi connectivity index (χ4n) is 3.02. The zero-order chi connectivity index (χ0) is 16.8. The Morgan fingerprint density at radius 3 is 2.79 bits per heavy atom. The number of aromatic nitrogens is 2. The highest BCUT2D eigenvalue weighted by molar-refractivity contribution is 9.10. The van der Waals surface area contributed by atoms with Gasteiger partial charge >= 0.3 is 5.97 Å². The summed E-state index contributed by atoms with van der Waals surface area (Å²) in [5.74, 6) is 0.340. The van der Waals surface area contributed by atoms with Gasteiger partial charge in [-0.2, -0.15) is 0 Å². The lowest BCUT2D eigenvalue weighted by atomic mass is 9.82. The molecule has 2 aliphatic heterocycles. The molecule has 0 spiro atoms. The summed E-state index contributed by atoms with van der Waals surface area (Å²) in [6, 6.07) is 7.79. The number of nitrogen functional groups attached to an aromatic ring is 1. The summed E-state index contributed by atoms with van der Waals surface area (Å²) in [6.07, 6.45) is 1.89. The first-order chi connectivity index (χ1) is 11.6. The monoisotopic (exact) mass is 404 g/mol. The maximum absolute atomic E-state index is 12.3. The Kier molecular flexibility index (Phi) is 3.73. The maximum atomic E-state index is 12.3. The summed E-state index contributed by atoms with van der Waals surface area (Å²) in [4.78, 5) is 21.2. The number of fused-ring (bicyclic) bond motifs is 1. The Hall–Kier alpha value is -2.06. The molecule has 24 heavy (non-hydrogen) atoms. The molecule has 1 aromatic carbocycles. The summed E-state index contributed by atoms with van der Waals surface area (Å²) >= 11 is 4.85. The molecule has 0 aliphatic carbocycles. The van der Waals surface area contributed by atoms with Gasteiger partial charge in [0.15, 0.2) is 5.16 Å². The van der Waals surface area contributed by atoms with Crippen molar-refractivity contribution >= 4 is 45.3 Å². The lowest BCUT2D eigenvalue weighted by Gasteiger charge is -2.27. The predicted molar refractivity (Wildman–Crippen MR) is 95.8 cm³/mol. The molecule has 0 amide bonds. The highest BCUT2D eigenvalue weighted by Crippen LogP contribution is 2.46. The lowest BCUT2D eigenvalue weighted by Crippen LogP contribution is -2.23. The minimum Gasteiger partial charge on any atom is -0.456 e. The molecular weight excluding hydrogens is 392 g/mol. The number of carbonyl (C=O) groups is 1. The third-order valence-corrected chi connectivity index (χ3v) is 5.16. The van der Waals surface area contributed by atoms with E-state index in [4.69, 9.17) is 10.5 Å². The molecule has 8 heteroatoms. The van der Waals surface area contributed by atoms with E-state index in [9.17, 15) is 4.79 Å². The van der Waals surface area contributed by atoms with Crippen molar-refractivity contribution in [1.82, 2.24) is 9.97 Å². The van der Waals surface area contributed by atoms with Crippen molar-refractivity contribution in [2.45, 2.75) is 11.1 Å². The number of thioether (sulfide) groups is 1. The van der Waals surface area contributed by atoms with Gasteiger partial charge in [0.1, 0.15) is 18.2 Å². The maximum Gasteiger partial charge on any atom is 0.337 e. The number of nitrogens with one attached hydrogen (secondary N) is 1. The summed E-state index contributed by atoms with van der Waals surface area (Å²) in [5.41, 5.74) is 9.20. The van der Waals surface area contributed by atoms with Gasteiger partial charge in [-0.05, 0) is 24.0 Å². The molecule has 122 valence electrons. The van der Waals surface area contributed by atoms with E-state index in [1.807, 2.05) is 30.5 Å². The van der Waals surface area contributed by atoms with Crippen LogP contribution in [0.2, 0.25) is 0 Å². The number of esters is 1. The van der Waals surface area contributed by atoms with Crippen LogP contribution in [0.15, 0.2) is 45.2 Å². The third-order valence-electron chi connectivity index (χ3n) is 4.08. The third kappa shape index (κ3) is 2.37. The van der Waals surface area contributed by atoms with Crippen LogP contribution in [0.25, 0.3) is 0 Å². The first kappa shape index (κ1) is 15.5. The molecule has 1 atom stereocenters. The Balaban J connectivity index is 1.95. The smallest absolute Gasteiger partial charge is 0.337 e. The van der Waals surface area contributed by atoms with Crippen LogP contribution in [-0.2, 0) is 9.53 Å². The Bertz CT molecular complexity index is 882. The minimum atomic E-state index is -0.338. The first-order valence-corrected chi connectivity index (χ1v) is 9.24. The number of rotatable bonds is 2. The highest BCUT2D eigenvalue weighted by Gasteiger charge is 2.40. The number of hydrogen-bond acceptors (Lipinski definition) is 7. The zero-order valence-corrected chi connectivity index (χ0v) is 15.1. The number of carbonyl (C=O) groups excluding carboxylic acids is 1. The SMILES string of the molecule is CSc1nc(N)c2c(n1)NC1=C(C(=O)OC1)C2c1ccc(Br)cc1. The quantitative estimate of drug-likeness (QED) is 0.451. The molecule has 0 radical (unpaired) electrons. The van der Waals surface area contributed by atoms with Crippen LogP contribution in [0.3, 0.4) is 0 Å². The van der Waals surface area contributed by atoms with E-state index in [0.717, 1.165) is 15.7 Å². The Labute approximate surface area is 151 Å². The second-order valence-electron chi connectivity index (χ2n) is 5.44. The van der Waals surface area contributed by atoms with Crippen molar-refractivity contribution in [2.75, 3.05) is 23.9 Å². The number of nitrogens with two attached hydrogens (primary N) is 1. The van der Waals surface area contributed by atoms with Crippen molar-refractivity contribution in [3.05, 3.63) is 51.1 Å². The van der Waals surface area contributed by atoms with E-state index in [1.54, 1.807) is 0 Å². The molecule has 0 bridgehead atoms. The Morgan fingerprint density at radius 2 is 2.08 bits per heavy atom. The molecule has 4 rings (SSSR count). The second-order valence-corrected chi connectivity index (χ2v) is 7.12. The van der Waals surface area contributed by atoms with E-state index in [2.05, 4.69) is 31.2 Å². The molecule has 1 unspecified atom stereocenters. The number of ether oxygens (including phenoxy) is 1. The van der Waals surface area contributed by atoms with E-state index < -0.39 is 0 Å². The number of hydrogen-bond donors (Lipinski definition) is 2. The zero-order valence-electron chi connectivity index (χ0n) is 12.7. The van der Waals surface area contributed by atoms with Crippen LogP contribution in [0.4, 0.5) is 11.6 Å². The van der Waals surface area contributed by atoms with E-state index >= 15 is 0 Å². The molecule has 1 aromatic heterocycles. The normalized spacial score (nSPS) is 18.8. The highest BCUT2D eigenvalue weighted by atomic mass is 79.9. The Morgan fingerprint density at radius 1 is 1.33 bits per heavy atom. The van der Waals surface area contributed by atoms with Crippen molar-refractivity contribution < 1.29 is 9.53 Å². The number of halogens is 1. The van der Waals surface area contributed by atoms with Gasteiger partial charge in [-0.1, -0.05) is 39.8 Å². The van der Waals surface area contributed by atoms with Gasteiger partial charge in [0.2, 0.25) is 0 Å². The number of nitrogens with zero attached hydrogens (tertiary/aromatic N) is 2. The fourth-order valence-corrected chi connectivity index (χ4v) is 3.66. The fraction of sp³-hybridized carbons (Fsp3) is 0.188. The van der Waals surface area contributed by atoms with Gasteiger partial charge in [-0.25, -0.2) is 14.8 Å². The lowest BCUT2D eigenvalue weighted by molar-refractivity contribution is -0.136. The summed E-state index contributed by atoms with van der Waals surface area (Å²) < 4.78 is 6.19. The molecule has 3 heterocycles. The van der Waals surface area contributed by atoms with Crippen LogP contribution in [0, 0.1) is 0 Å². The molecular formula is C16H13BrN4O2S. The van der Waals surface area contributed by atoms with E-state index in [-0.39, 0.29) is 18.5 Å². The first-order valence-electron chi connectivity index (χ1n) is 7.22. The van der Waals surface area contributed by atoms with Crippen LogP contribution in [-0.4, -0.2) is 28.8 Å². The van der Waals surface area contributed by atoms with Crippen LogP contribution >= 0.6 is 27.7 Å². The summed E-state index contributed by atoms with van der Waals surface area (Å²) in [5, 5.41) is 3.78. The standard InChI is InChI=1S/C16H13BrN4O2S/c1-24-16-20-13(18)12-10(7-2-4-8(17)5-3-7)11-9(6-23-15(11)22)19-14(12)21-16/h2-5,10H,6H2,1H3,(H3,18,19,20,21). The van der Waals surface area contributed by atoms with Crippen LogP contribution < -0.4 is 11.1 Å². The molecule has 2 aliphatic rings. The van der Waals surface area contributed by atoms with E-state index in [1.165, 1.54) is 11.8 Å². The molecule has 0 saturated heterocycles. The van der Waals surface area contributed by atoms with Gasteiger partial charge < -0.3 is 15.8 Å². The minimum absolute atomic E-state index is 0.221. The topological polar surface area (TPSA) is 90.1 Å². The van der Waals surface area contributed by atoms with Crippen molar-refractivity contribution in [2.24, 2.45) is 0 Å². The molecule has 0 fully saturated rings. The van der Waals surface area contributed by atoms with Crippen molar-refractivity contribution in [1.29, 1.82) is 0 Å². The number of benzene rings is 1. The second kappa shape index (κ2) is 5.78. The number of anilines is 2. The summed E-state index contributed by atoms with van der Waals surface area (Å²) in [6.45, 7) is 0.221. The van der Waals surface area contributed by atoms with Gasteiger partial charge in [0, 0.05) is 10.0 Å². The number of cyclic esters (lactones) is 1. The van der Waals surface area contributed by atoms with Crippen LogP contribution in [0.1, 0.15) is 17.0 Å². The predicted octanol–water partition coefficient (Wildman–Crippen LogP) is 2.91. The van der Waals surface area contributed by atoms with Gasteiger partial charge in [0.25, 0.3) is 0 Å². The molecule has 0 saturated carbocycles.